The first-order valence-electron chi connectivity index (χ1n) is 8.14. The van der Waals surface area contributed by atoms with Crippen molar-refractivity contribution in [2.24, 2.45) is 0 Å². The predicted molar refractivity (Wildman–Crippen MR) is 91.1 cm³/mol. The van der Waals surface area contributed by atoms with E-state index in [1.807, 2.05) is 32.9 Å². The van der Waals surface area contributed by atoms with E-state index in [0.717, 1.165) is 22.5 Å². The van der Waals surface area contributed by atoms with Crippen molar-refractivity contribution in [3.8, 4) is 5.69 Å². The number of amides is 1. The molecule has 0 spiro atoms. The number of aryl methyl sites for hydroxylation is 3. The molecule has 3 rings (SSSR count). The first-order valence-corrected chi connectivity index (χ1v) is 8.14. The van der Waals surface area contributed by atoms with Crippen LogP contribution in [0, 0.1) is 20.8 Å². The number of morpholine rings is 1. The van der Waals surface area contributed by atoms with Gasteiger partial charge in [-0.15, -0.1) is 0 Å². The summed E-state index contributed by atoms with van der Waals surface area (Å²) < 4.78 is 6.90. The fraction of sp³-hybridized carbons (Fsp3) is 0.389. The lowest BCUT2D eigenvalue weighted by molar-refractivity contribution is -0.154. The third kappa shape index (κ3) is 3.56. The molecule has 1 aliphatic heterocycles. The van der Waals surface area contributed by atoms with Crippen LogP contribution in [0.25, 0.3) is 5.69 Å². The van der Waals surface area contributed by atoms with E-state index in [2.05, 4.69) is 11.2 Å². The molecule has 1 saturated heterocycles. The average molecular weight is 343 g/mol. The van der Waals surface area contributed by atoms with Gasteiger partial charge in [-0.1, -0.05) is 6.07 Å². The Morgan fingerprint density at radius 2 is 1.84 bits per heavy atom. The zero-order valence-electron chi connectivity index (χ0n) is 14.5. The van der Waals surface area contributed by atoms with Crippen LogP contribution >= 0.6 is 0 Å². The third-order valence-corrected chi connectivity index (χ3v) is 4.19. The summed E-state index contributed by atoms with van der Waals surface area (Å²) in [5.41, 5.74) is 4.30. The van der Waals surface area contributed by atoms with Gasteiger partial charge in [-0.05, 0) is 50.1 Å². The molecule has 2 aromatic rings. The minimum Gasteiger partial charge on any atom is -0.479 e. The van der Waals surface area contributed by atoms with Gasteiger partial charge in [0.05, 0.1) is 18.8 Å². The lowest BCUT2D eigenvalue weighted by Crippen LogP contribution is -2.48. The van der Waals surface area contributed by atoms with Gasteiger partial charge in [0.25, 0.3) is 5.91 Å². The predicted octanol–water partition coefficient (Wildman–Crippen LogP) is 1.72. The number of carboxylic acid groups (broad SMARTS) is 1. The SMILES string of the molecule is Cc1cc(C)cc(-n2nc(C(=O)N3CCOC(C(=O)O)C3)cc2C)c1. The minimum absolute atomic E-state index is 0.0314. The molecule has 0 aliphatic carbocycles. The normalized spacial score (nSPS) is 17.6. The van der Waals surface area contributed by atoms with E-state index in [1.165, 1.54) is 4.90 Å². The van der Waals surface area contributed by atoms with Gasteiger partial charge in [0, 0.05) is 12.2 Å². The van der Waals surface area contributed by atoms with Crippen LogP contribution in [0.2, 0.25) is 0 Å². The van der Waals surface area contributed by atoms with E-state index in [4.69, 9.17) is 9.84 Å². The number of hydrogen-bond donors (Lipinski definition) is 1. The van der Waals surface area contributed by atoms with Crippen molar-refractivity contribution >= 4 is 11.9 Å². The van der Waals surface area contributed by atoms with Crippen molar-refractivity contribution in [2.45, 2.75) is 26.9 Å². The number of carboxylic acids is 1. The molecule has 1 N–H and O–H groups in total. The zero-order chi connectivity index (χ0) is 18.1. The maximum absolute atomic E-state index is 12.7. The summed E-state index contributed by atoms with van der Waals surface area (Å²) in [5, 5.41) is 13.5. The maximum Gasteiger partial charge on any atom is 0.334 e. The van der Waals surface area contributed by atoms with Crippen molar-refractivity contribution in [1.29, 1.82) is 0 Å². The standard InChI is InChI=1S/C18H21N3O4/c1-11-6-12(2)8-14(7-11)21-13(3)9-15(19-21)17(22)20-4-5-25-16(10-20)18(23)24/h6-9,16H,4-5,10H2,1-3H3,(H,23,24). The number of ether oxygens (including phenoxy) is 1. The molecule has 7 heteroatoms. The number of benzene rings is 1. The molecule has 2 heterocycles. The van der Waals surface area contributed by atoms with Gasteiger partial charge in [-0.25, -0.2) is 9.48 Å². The van der Waals surface area contributed by atoms with Crippen molar-refractivity contribution in [2.75, 3.05) is 19.7 Å². The Morgan fingerprint density at radius 1 is 1.16 bits per heavy atom. The Labute approximate surface area is 145 Å². The average Bonchev–Trinajstić information content (AvgIpc) is 2.95. The van der Waals surface area contributed by atoms with Crippen LogP contribution in [0.5, 0.6) is 0 Å². The molecule has 1 amide bonds. The molecule has 0 saturated carbocycles. The molecule has 1 unspecified atom stereocenters. The molecule has 0 bridgehead atoms. The molecule has 1 fully saturated rings. The van der Waals surface area contributed by atoms with Gasteiger partial charge in [0.2, 0.25) is 0 Å². The first kappa shape index (κ1) is 17.2. The Balaban J connectivity index is 1.86. The molecule has 7 nitrogen and oxygen atoms in total. The Kier molecular flexibility index (Phi) is 4.59. The van der Waals surface area contributed by atoms with Gasteiger partial charge in [-0.3, -0.25) is 4.79 Å². The Bertz CT molecular complexity index is 807. The van der Waals surface area contributed by atoms with Crippen molar-refractivity contribution in [1.82, 2.24) is 14.7 Å². The summed E-state index contributed by atoms with van der Waals surface area (Å²) in [6, 6.07) is 7.83. The molecule has 0 radical (unpaired) electrons. The van der Waals surface area contributed by atoms with Gasteiger partial charge >= 0.3 is 5.97 Å². The highest BCUT2D eigenvalue weighted by Gasteiger charge is 2.30. The van der Waals surface area contributed by atoms with Crippen LogP contribution in [0.1, 0.15) is 27.3 Å². The highest BCUT2D eigenvalue weighted by Crippen LogP contribution is 2.18. The van der Waals surface area contributed by atoms with E-state index in [-0.39, 0.29) is 19.1 Å². The van der Waals surface area contributed by atoms with Crippen LogP contribution < -0.4 is 0 Å². The Hall–Kier alpha value is -2.67. The number of carbonyl (C=O) groups is 2. The number of carbonyl (C=O) groups excluding carboxylic acids is 1. The third-order valence-electron chi connectivity index (χ3n) is 4.19. The summed E-state index contributed by atoms with van der Waals surface area (Å²) in [6.45, 7) is 6.52. The Morgan fingerprint density at radius 3 is 2.48 bits per heavy atom. The second-order valence-corrected chi connectivity index (χ2v) is 6.38. The lowest BCUT2D eigenvalue weighted by Gasteiger charge is -2.30. The highest BCUT2D eigenvalue weighted by atomic mass is 16.5. The quantitative estimate of drug-likeness (QED) is 0.917. The van der Waals surface area contributed by atoms with E-state index < -0.39 is 12.1 Å². The molecule has 25 heavy (non-hydrogen) atoms. The topological polar surface area (TPSA) is 84.7 Å². The van der Waals surface area contributed by atoms with E-state index in [9.17, 15) is 9.59 Å². The van der Waals surface area contributed by atoms with Gasteiger partial charge in [-0.2, -0.15) is 5.10 Å². The van der Waals surface area contributed by atoms with Crippen LogP contribution in [-0.2, 0) is 9.53 Å². The number of aromatic nitrogens is 2. The van der Waals surface area contributed by atoms with Crippen LogP contribution in [-0.4, -0.2) is 57.5 Å². The summed E-state index contributed by atoms with van der Waals surface area (Å²) >= 11 is 0. The van der Waals surface area contributed by atoms with Gasteiger partial charge in [0.1, 0.15) is 0 Å². The second-order valence-electron chi connectivity index (χ2n) is 6.38. The zero-order valence-corrected chi connectivity index (χ0v) is 14.5. The van der Waals surface area contributed by atoms with Crippen molar-refractivity contribution < 1.29 is 19.4 Å². The summed E-state index contributed by atoms with van der Waals surface area (Å²) in [5.74, 6) is -1.34. The largest absolute Gasteiger partial charge is 0.479 e. The fourth-order valence-electron chi connectivity index (χ4n) is 3.06. The molecule has 132 valence electrons. The summed E-state index contributed by atoms with van der Waals surface area (Å²) in [7, 11) is 0. The van der Waals surface area contributed by atoms with E-state index >= 15 is 0 Å². The smallest absolute Gasteiger partial charge is 0.334 e. The van der Waals surface area contributed by atoms with Gasteiger partial charge in [0.15, 0.2) is 11.8 Å². The second kappa shape index (κ2) is 6.68. The van der Waals surface area contributed by atoms with Crippen molar-refractivity contribution in [3.05, 3.63) is 46.8 Å². The monoisotopic (exact) mass is 343 g/mol. The molecule has 1 aliphatic rings. The van der Waals surface area contributed by atoms with Crippen LogP contribution in [0.4, 0.5) is 0 Å². The minimum atomic E-state index is -1.06. The van der Waals surface area contributed by atoms with Crippen LogP contribution in [0.3, 0.4) is 0 Å². The molecule has 1 atom stereocenters. The highest BCUT2D eigenvalue weighted by molar-refractivity contribution is 5.93. The van der Waals surface area contributed by atoms with E-state index in [0.29, 0.717) is 12.2 Å². The summed E-state index contributed by atoms with van der Waals surface area (Å²) in [6.07, 6.45) is -0.986. The van der Waals surface area contributed by atoms with E-state index in [1.54, 1.807) is 10.7 Å². The number of hydrogen-bond acceptors (Lipinski definition) is 4. The lowest BCUT2D eigenvalue weighted by atomic mass is 10.1. The molecule has 1 aromatic carbocycles. The molecular weight excluding hydrogens is 322 g/mol. The maximum atomic E-state index is 12.7. The van der Waals surface area contributed by atoms with Gasteiger partial charge < -0.3 is 14.7 Å². The number of nitrogens with zero attached hydrogens (tertiary/aromatic N) is 3. The number of aliphatic carboxylic acids is 1. The molecular formula is C18H21N3O4. The van der Waals surface area contributed by atoms with Crippen molar-refractivity contribution in [3.63, 3.8) is 0 Å². The molecule has 1 aromatic heterocycles. The first-order chi connectivity index (χ1) is 11.8. The fourth-order valence-corrected chi connectivity index (χ4v) is 3.06. The number of rotatable bonds is 3. The summed E-state index contributed by atoms with van der Waals surface area (Å²) in [4.78, 5) is 25.3. The van der Waals surface area contributed by atoms with Crippen LogP contribution in [0.15, 0.2) is 24.3 Å².